The summed E-state index contributed by atoms with van der Waals surface area (Å²) in [4.78, 5) is 9.99. The van der Waals surface area contributed by atoms with Gasteiger partial charge in [-0.1, -0.05) is 59.1 Å². The van der Waals surface area contributed by atoms with Gasteiger partial charge in [0, 0.05) is 18.2 Å². The molecule has 1 aromatic heterocycles. The normalized spacial score (nSPS) is 15.1. The number of sulfone groups is 1. The third kappa shape index (κ3) is 5.33. The Morgan fingerprint density at radius 3 is 2.22 bits per heavy atom. The van der Waals surface area contributed by atoms with Crippen LogP contribution >= 0.6 is 46.6 Å². The number of nitrogens with zero attached hydrogens (tertiary/aromatic N) is 3. The first kappa shape index (κ1) is 26.3. The highest BCUT2D eigenvalue weighted by Crippen LogP contribution is 2.39. The number of benzene rings is 3. The van der Waals surface area contributed by atoms with Gasteiger partial charge in [-0.2, -0.15) is 0 Å². The molecule has 0 radical (unpaired) electrons. The van der Waals surface area contributed by atoms with E-state index in [-0.39, 0.29) is 10.4 Å². The molecule has 10 heteroatoms. The summed E-state index contributed by atoms with van der Waals surface area (Å²) in [5.41, 5.74) is 3.34. The van der Waals surface area contributed by atoms with Crippen molar-refractivity contribution in [2.75, 3.05) is 12.0 Å². The lowest BCUT2D eigenvalue weighted by atomic mass is 10.1. The number of aromatic nitrogens is 2. The van der Waals surface area contributed by atoms with Crippen molar-refractivity contribution >= 4 is 61.4 Å². The summed E-state index contributed by atoms with van der Waals surface area (Å²) in [7, 11) is -3.34. The number of hydrogen-bond acceptors (Lipinski definition) is 5. The lowest BCUT2D eigenvalue weighted by Crippen LogP contribution is -2.15. The quantitative estimate of drug-likeness (QED) is 0.237. The van der Waals surface area contributed by atoms with E-state index in [9.17, 15) is 8.42 Å². The van der Waals surface area contributed by atoms with Gasteiger partial charge in [-0.05, 0) is 61.4 Å². The smallest absolute Gasteiger partial charge is 0.175 e. The van der Waals surface area contributed by atoms with Gasteiger partial charge in [0.2, 0.25) is 0 Å². The van der Waals surface area contributed by atoms with Crippen molar-refractivity contribution in [3.8, 4) is 28.2 Å². The van der Waals surface area contributed by atoms with Gasteiger partial charge in [-0.3, -0.25) is 9.56 Å². The predicted octanol–water partition coefficient (Wildman–Crippen LogP) is 7.84. The molecule has 0 fully saturated rings. The van der Waals surface area contributed by atoms with Gasteiger partial charge in [-0.15, -0.1) is 11.8 Å². The van der Waals surface area contributed by atoms with Gasteiger partial charge in [0.1, 0.15) is 16.6 Å². The zero-order valence-electron chi connectivity index (χ0n) is 20.2. The van der Waals surface area contributed by atoms with Gasteiger partial charge in [0.15, 0.2) is 9.84 Å². The molecule has 0 unspecified atom stereocenters. The highest BCUT2D eigenvalue weighted by atomic mass is 35.5. The molecule has 1 aliphatic heterocycles. The van der Waals surface area contributed by atoms with Crippen molar-refractivity contribution in [3.63, 3.8) is 0 Å². The molecule has 0 aliphatic carbocycles. The molecule has 4 aromatic rings. The van der Waals surface area contributed by atoms with Crippen LogP contribution in [0, 0.1) is 0 Å². The van der Waals surface area contributed by atoms with Crippen LogP contribution in [0.15, 0.2) is 76.7 Å². The van der Waals surface area contributed by atoms with Crippen LogP contribution in [0.4, 0.5) is 0 Å². The summed E-state index contributed by atoms with van der Waals surface area (Å²) < 4.78 is 25.9. The molecule has 0 bridgehead atoms. The van der Waals surface area contributed by atoms with E-state index in [4.69, 9.17) is 44.8 Å². The highest BCUT2D eigenvalue weighted by molar-refractivity contribution is 8.14. The minimum Gasteiger partial charge on any atom is -0.297 e. The first-order valence-electron chi connectivity index (χ1n) is 11.3. The Labute approximate surface area is 235 Å². The van der Waals surface area contributed by atoms with E-state index in [0.717, 1.165) is 21.9 Å². The Hall–Kier alpha value is -2.29. The van der Waals surface area contributed by atoms with Crippen LogP contribution in [0.1, 0.15) is 19.5 Å². The number of halogens is 3. The summed E-state index contributed by atoms with van der Waals surface area (Å²) in [5, 5.41) is 2.24. The van der Waals surface area contributed by atoms with Gasteiger partial charge in [0.05, 0.1) is 36.8 Å². The number of hydrogen-bond donors (Lipinski definition) is 0. The number of rotatable bonds is 5. The summed E-state index contributed by atoms with van der Waals surface area (Å²) in [6, 6.07) is 17.7. The maximum Gasteiger partial charge on any atom is 0.175 e. The molecule has 3 aromatic carbocycles. The fourth-order valence-electron chi connectivity index (χ4n) is 4.06. The Bertz CT molecular complexity index is 1660. The maximum absolute atomic E-state index is 12.0. The minimum absolute atomic E-state index is 0.175. The molecule has 190 valence electrons. The lowest BCUT2D eigenvalue weighted by molar-refractivity contribution is 0.601. The minimum atomic E-state index is -3.34. The largest absolute Gasteiger partial charge is 0.297 e. The second-order valence-electron chi connectivity index (χ2n) is 9.40. The molecule has 0 spiro atoms. The third-order valence-electron chi connectivity index (χ3n) is 5.88. The van der Waals surface area contributed by atoms with Crippen LogP contribution in [0.2, 0.25) is 15.1 Å². The van der Waals surface area contributed by atoms with E-state index in [1.807, 2.05) is 29.0 Å². The van der Waals surface area contributed by atoms with Crippen molar-refractivity contribution in [2.24, 2.45) is 4.99 Å². The van der Waals surface area contributed by atoms with Crippen LogP contribution in [0.5, 0.6) is 0 Å². The van der Waals surface area contributed by atoms with Gasteiger partial charge in [-0.25, -0.2) is 13.4 Å². The molecule has 0 atom stereocenters. The van der Waals surface area contributed by atoms with Crippen LogP contribution in [0.25, 0.3) is 28.2 Å². The molecule has 0 saturated heterocycles. The van der Waals surface area contributed by atoms with Crippen molar-refractivity contribution < 1.29 is 8.42 Å². The monoisotopic (exact) mass is 589 g/mol. The lowest BCUT2D eigenvalue weighted by Gasteiger charge is -2.13. The Kier molecular flexibility index (Phi) is 6.96. The Morgan fingerprint density at radius 1 is 0.919 bits per heavy atom. The van der Waals surface area contributed by atoms with Gasteiger partial charge >= 0.3 is 0 Å². The number of aliphatic imine (C=N–C) groups is 1. The van der Waals surface area contributed by atoms with Crippen LogP contribution in [0.3, 0.4) is 0 Å². The highest BCUT2D eigenvalue weighted by Gasteiger charge is 2.29. The fourth-order valence-corrected chi connectivity index (χ4v) is 6.68. The molecular weight excluding hydrogens is 569 g/mol. The van der Waals surface area contributed by atoms with Gasteiger partial charge in [0.25, 0.3) is 0 Å². The van der Waals surface area contributed by atoms with E-state index < -0.39 is 9.84 Å². The van der Waals surface area contributed by atoms with Crippen molar-refractivity contribution in [1.82, 2.24) is 9.55 Å². The molecule has 1 aliphatic rings. The molecule has 0 saturated carbocycles. The standard InChI is InChI=1S/C27H22Cl3N3O2S2/c1-27(2)15-36-26(32-27)22-14-33(25(31-22)24-19(28)8-5-9-20(24)29)23-11-10-17(13-21(23)30)16-6-4-7-18(12-16)37(3,34)35/h4-14H,15H2,1-3H3. The van der Waals surface area contributed by atoms with Crippen LogP contribution < -0.4 is 0 Å². The molecule has 0 amide bonds. The molecule has 37 heavy (non-hydrogen) atoms. The van der Waals surface area contributed by atoms with E-state index in [1.54, 1.807) is 54.2 Å². The average molecular weight is 591 g/mol. The summed E-state index contributed by atoms with van der Waals surface area (Å²) >= 11 is 21.6. The first-order chi connectivity index (χ1) is 17.4. The van der Waals surface area contributed by atoms with E-state index >= 15 is 0 Å². The Balaban J connectivity index is 1.66. The Morgan fingerprint density at radius 2 is 1.59 bits per heavy atom. The third-order valence-corrected chi connectivity index (χ3v) is 9.35. The second kappa shape index (κ2) is 9.79. The van der Waals surface area contributed by atoms with E-state index in [0.29, 0.717) is 37.8 Å². The zero-order chi connectivity index (χ0) is 26.5. The van der Waals surface area contributed by atoms with Crippen LogP contribution in [-0.4, -0.2) is 40.6 Å². The molecule has 0 N–H and O–H groups in total. The summed E-state index contributed by atoms with van der Waals surface area (Å²) in [6.07, 6.45) is 3.08. The zero-order valence-corrected chi connectivity index (χ0v) is 24.1. The van der Waals surface area contributed by atoms with Crippen molar-refractivity contribution in [1.29, 1.82) is 0 Å². The number of imidazole rings is 1. The molecule has 2 heterocycles. The summed E-state index contributed by atoms with van der Waals surface area (Å²) in [5.74, 6) is 1.41. The van der Waals surface area contributed by atoms with Gasteiger partial charge < -0.3 is 0 Å². The second-order valence-corrected chi connectivity index (χ2v) is 13.6. The van der Waals surface area contributed by atoms with Crippen molar-refractivity contribution in [2.45, 2.75) is 24.3 Å². The molecule has 5 nitrogen and oxygen atoms in total. The van der Waals surface area contributed by atoms with E-state index in [2.05, 4.69) is 13.8 Å². The van der Waals surface area contributed by atoms with Crippen LogP contribution in [-0.2, 0) is 9.84 Å². The SMILES string of the molecule is CC1(C)CSC(c2cn(-c3ccc(-c4cccc(S(C)(=O)=O)c4)cc3Cl)c(-c3c(Cl)cccc3Cl)n2)=N1. The maximum atomic E-state index is 12.0. The topological polar surface area (TPSA) is 64.3 Å². The van der Waals surface area contributed by atoms with E-state index in [1.165, 1.54) is 6.26 Å². The predicted molar refractivity (Wildman–Crippen MR) is 156 cm³/mol. The number of thioether (sulfide) groups is 1. The average Bonchev–Trinajstić information content (AvgIpc) is 3.42. The molecule has 5 rings (SSSR count). The van der Waals surface area contributed by atoms with Crippen molar-refractivity contribution in [3.05, 3.63) is 87.6 Å². The fraction of sp³-hybridized carbons (Fsp3) is 0.185. The molecular formula is C27H22Cl3N3O2S2. The first-order valence-corrected chi connectivity index (χ1v) is 15.3. The summed E-state index contributed by atoms with van der Waals surface area (Å²) in [6.45, 7) is 4.18.